The van der Waals surface area contributed by atoms with Crippen molar-refractivity contribution in [3.8, 4) is 5.75 Å². The van der Waals surface area contributed by atoms with Gasteiger partial charge in [0.25, 0.3) is 0 Å². The number of anilines is 1. The molecule has 3 heteroatoms. The monoisotopic (exact) mass is 331 g/mol. The predicted molar refractivity (Wildman–Crippen MR) is 86.7 cm³/mol. The van der Waals surface area contributed by atoms with Gasteiger partial charge in [-0.25, -0.2) is 0 Å². The Bertz CT molecular complexity index is 619. The second-order valence-electron chi connectivity index (χ2n) is 5.45. The molecule has 1 atom stereocenters. The quantitative estimate of drug-likeness (QED) is 0.895. The fraction of sp³-hybridized carbons (Fsp3) is 0.294. The molecule has 1 heterocycles. The van der Waals surface area contributed by atoms with Crippen molar-refractivity contribution in [2.45, 2.75) is 26.4 Å². The Morgan fingerprint density at radius 3 is 2.65 bits per heavy atom. The maximum Gasteiger partial charge on any atom is 0.123 e. The zero-order valence-corrected chi connectivity index (χ0v) is 13.3. The van der Waals surface area contributed by atoms with Gasteiger partial charge in [0.1, 0.15) is 11.9 Å². The molecule has 2 aromatic carbocycles. The van der Waals surface area contributed by atoms with E-state index < -0.39 is 0 Å². The van der Waals surface area contributed by atoms with Gasteiger partial charge in [-0.15, -0.1) is 0 Å². The van der Waals surface area contributed by atoms with E-state index in [2.05, 4.69) is 59.4 Å². The summed E-state index contributed by atoms with van der Waals surface area (Å²) in [5.74, 6) is 1.01. The average molecular weight is 332 g/mol. The molecule has 0 spiro atoms. The van der Waals surface area contributed by atoms with Crippen LogP contribution in [0.2, 0.25) is 0 Å². The van der Waals surface area contributed by atoms with Gasteiger partial charge in [-0.1, -0.05) is 22.0 Å². The molecule has 1 unspecified atom stereocenters. The van der Waals surface area contributed by atoms with Crippen LogP contribution in [0.1, 0.15) is 16.7 Å². The lowest BCUT2D eigenvalue weighted by atomic mass is 10.1. The van der Waals surface area contributed by atoms with Crippen molar-refractivity contribution in [2.75, 3.05) is 11.9 Å². The molecule has 20 heavy (non-hydrogen) atoms. The lowest BCUT2D eigenvalue weighted by molar-refractivity contribution is 0.246. The lowest BCUT2D eigenvalue weighted by Crippen LogP contribution is -2.24. The number of aryl methyl sites for hydroxylation is 2. The molecule has 1 aliphatic heterocycles. The van der Waals surface area contributed by atoms with E-state index in [0.717, 1.165) is 23.2 Å². The molecular weight excluding hydrogens is 314 g/mol. The summed E-state index contributed by atoms with van der Waals surface area (Å²) in [6.45, 7) is 5.07. The van der Waals surface area contributed by atoms with Crippen molar-refractivity contribution in [3.63, 3.8) is 0 Å². The van der Waals surface area contributed by atoms with Crippen molar-refractivity contribution >= 4 is 21.6 Å². The van der Waals surface area contributed by atoms with Crippen molar-refractivity contribution in [3.05, 3.63) is 57.6 Å². The van der Waals surface area contributed by atoms with Gasteiger partial charge in [0.15, 0.2) is 0 Å². The summed E-state index contributed by atoms with van der Waals surface area (Å²) in [5, 5.41) is 3.48. The Kier molecular flexibility index (Phi) is 3.70. The molecule has 0 amide bonds. The molecule has 1 N–H and O–H groups in total. The molecule has 1 aliphatic rings. The van der Waals surface area contributed by atoms with E-state index in [4.69, 9.17) is 4.74 Å². The van der Waals surface area contributed by atoms with Crippen LogP contribution in [0.15, 0.2) is 40.9 Å². The third kappa shape index (κ3) is 2.98. The number of fused-ring (bicyclic) bond motifs is 1. The molecule has 3 rings (SSSR count). The number of hydrogen-bond donors (Lipinski definition) is 1. The lowest BCUT2D eigenvalue weighted by Gasteiger charge is -2.14. The fourth-order valence-electron chi connectivity index (χ4n) is 2.71. The van der Waals surface area contributed by atoms with Gasteiger partial charge < -0.3 is 10.1 Å². The summed E-state index contributed by atoms with van der Waals surface area (Å²) in [6, 6.07) is 12.7. The van der Waals surface area contributed by atoms with Gasteiger partial charge in [-0.3, -0.25) is 0 Å². The molecule has 2 nitrogen and oxygen atoms in total. The number of halogens is 1. The number of nitrogens with one attached hydrogen (secondary N) is 1. The maximum absolute atomic E-state index is 5.96. The number of hydrogen-bond acceptors (Lipinski definition) is 2. The topological polar surface area (TPSA) is 21.3 Å². The first-order chi connectivity index (χ1) is 9.60. The van der Waals surface area contributed by atoms with Gasteiger partial charge in [0.2, 0.25) is 0 Å². The van der Waals surface area contributed by atoms with Crippen LogP contribution in [-0.2, 0) is 6.42 Å². The Labute approximate surface area is 128 Å². The minimum Gasteiger partial charge on any atom is -0.488 e. The zero-order chi connectivity index (χ0) is 14.1. The van der Waals surface area contributed by atoms with Crippen molar-refractivity contribution in [2.24, 2.45) is 0 Å². The van der Waals surface area contributed by atoms with Gasteiger partial charge in [-0.05, 0) is 60.9 Å². The van der Waals surface area contributed by atoms with Gasteiger partial charge in [0, 0.05) is 16.6 Å². The SMILES string of the molecule is Cc1cc(C)cc(NCC2Cc3cc(Br)ccc3O2)c1. The van der Waals surface area contributed by atoms with Crippen molar-refractivity contribution < 1.29 is 4.74 Å². The number of ether oxygens (including phenoxy) is 1. The van der Waals surface area contributed by atoms with E-state index in [-0.39, 0.29) is 6.10 Å². The second-order valence-corrected chi connectivity index (χ2v) is 6.37. The first-order valence-electron chi connectivity index (χ1n) is 6.87. The summed E-state index contributed by atoms with van der Waals surface area (Å²) in [7, 11) is 0. The fourth-order valence-corrected chi connectivity index (χ4v) is 3.12. The normalized spacial score (nSPS) is 16.6. The zero-order valence-electron chi connectivity index (χ0n) is 11.7. The summed E-state index contributed by atoms with van der Waals surface area (Å²) in [4.78, 5) is 0. The van der Waals surface area contributed by atoms with Crippen LogP contribution in [0, 0.1) is 13.8 Å². The first kappa shape index (κ1) is 13.5. The van der Waals surface area contributed by atoms with Crippen LogP contribution in [-0.4, -0.2) is 12.6 Å². The second kappa shape index (κ2) is 5.49. The molecule has 0 radical (unpaired) electrons. The Morgan fingerprint density at radius 1 is 1.15 bits per heavy atom. The molecule has 0 saturated heterocycles. The predicted octanol–water partition coefficient (Wildman–Crippen LogP) is 4.48. The Hall–Kier alpha value is -1.48. The molecule has 0 saturated carbocycles. The maximum atomic E-state index is 5.96. The van der Waals surface area contributed by atoms with E-state index in [9.17, 15) is 0 Å². The van der Waals surface area contributed by atoms with Crippen LogP contribution in [0.4, 0.5) is 5.69 Å². The summed E-state index contributed by atoms with van der Waals surface area (Å²) in [6.07, 6.45) is 1.17. The smallest absolute Gasteiger partial charge is 0.123 e. The summed E-state index contributed by atoms with van der Waals surface area (Å²) < 4.78 is 7.07. The molecular formula is C17H18BrNO. The van der Waals surface area contributed by atoms with Gasteiger partial charge >= 0.3 is 0 Å². The van der Waals surface area contributed by atoms with Crippen LogP contribution in [0.25, 0.3) is 0 Å². The molecule has 0 bridgehead atoms. The minimum absolute atomic E-state index is 0.208. The highest BCUT2D eigenvalue weighted by Gasteiger charge is 2.22. The molecule has 0 aromatic heterocycles. The minimum atomic E-state index is 0.208. The van der Waals surface area contributed by atoms with Crippen LogP contribution >= 0.6 is 15.9 Å². The Balaban J connectivity index is 1.63. The Morgan fingerprint density at radius 2 is 1.90 bits per heavy atom. The first-order valence-corrected chi connectivity index (χ1v) is 7.67. The van der Waals surface area contributed by atoms with Crippen molar-refractivity contribution in [1.29, 1.82) is 0 Å². The summed E-state index contributed by atoms with van der Waals surface area (Å²) >= 11 is 3.51. The van der Waals surface area contributed by atoms with Crippen LogP contribution in [0.3, 0.4) is 0 Å². The highest BCUT2D eigenvalue weighted by molar-refractivity contribution is 9.10. The van der Waals surface area contributed by atoms with E-state index in [1.165, 1.54) is 22.4 Å². The highest BCUT2D eigenvalue weighted by Crippen LogP contribution is 2.31. The van der Waals surface area contributed by atoms with E-state index in [1.54, 1.807) is 0 Å². The van der Waals surface area contributed by atoms with Crippen molar-refractivity contribution in [1.82, 2.24) is 0 Å². The van der Waals surface area contributed by atoms with Gasteiger partial charge in [-0.2, -0.15) is 0 Å². The molecule has 0 aliphatic carbocycles. The average Bonchev–Trinajstić information content (AvgIpc) is 2.77. The highest BCUT2D eigenvalue weighted by atomic mass is 79.9. The van der Waals surface area contributed by atoms with Gasteiger partial charge in [0.05, 0.1) is 6.54 Å². The summed E-state index contributed by atoms with van der Waals surface area (Å²) in [5.41, 5.74) is 5.02. The van der Waals surface area contributed by atoms with E-state index >= 15 is 0 Å². The molecule has 0 fully saturated rings. The molecule has 104 valence electrons. The van der Waals surface area contributed by atoms with Crippen LogP contribution in [0.5, 0.6) is 5.75 Å². The number of benzene rings is 2. The number of rotatable bonds is 3. The van der Waals surface area contributed by atoms with E-state index in [0.29, 0.717) is 0 Å². The standard InChI is InChI=1S/C17H18BrNO/c1-11-5-12(2)7-15(6-11)19-10-16-9-13-8-14(18)3-4-17(13)20-16/h3-8,16,19H,9-10H2,1-2H3. The molecule has 2 aromatic rings. The van der Waals surface area contributed by atoms with E-state index in [1.807, 2.05) is 12.1 Å². The van der Waals surface area contributed by atoms with Crippen LogP contribution < -0.4 is 10.1 Å². The largest absolute Gasteiger partial charge is 0.488 e. The third-order valence-electron chi connectivity index (χ3n) is 3.52. The third-order valence-corrected chi connectivity index (χ3v) is 4.01.